The van der Waals surface area contributed by atoms with Gasteiger partial charge in [-0.3, -0.25) is 9.79 Å². The molecule has 0 saturated carbocycles. The number of carbonyl (C=O) groups excluding carboxylic acids is 1. The first-order valence-corrected chi connectivity index (χ1v) is 7.53. The van der Waals surface area contributed by atoms with E-state index in [4.69, 9.17) is 11.6 Å². The fourth-order valence-corrected chi connectivity index (χ4v) is 2.43. The molecule has 1 N–H and O–H groups in total. The minimum Gasteiger partial charge on any atom is -0.506 e. The molecule has 0 radical (unpaired) electrons. The summed E-state index contributed by atoms with van der Waals surface area (Å²) in [4.78, 5) is 15.2. The largest absolute Gasteiger partial charge is 0.506 e. The highest BCUT2D eigenvalue weighted by atomic mass is 35.5. The molecule has 24 heavy (non-hydrogen) atoms. The fraction of sp³-hybridized carbons (Fsp3) is 0.0667. The number of nitrogens with zero attached hydrogens (tertiary/aromatic N) is 1. The number of Topliss-reactive ketones (excluding diaryl/α,β-unsaturated/α-hetero) is 1. The predicted octanol–water partition coefficient (Wildman–Crippen LogP) is 5.34. The van der Waals surface area contributed by atoms with E-state index in [1.165, 1.54) is 23.6 Å². The van der Waals surface area contributed by atoms with Crippen LogP contribution in [0.4, 0.5) is 23.2 Å². The lowest BCUT2D eigenvalue weighted by Gasteiger charge is -2.08. The molecule has 0 amide bonds. The van der Waals surface area contributed by atoms with E-state index in [0.29, 0.717) is 6.21 Å². The SMILES string of the molecule is O=C(/C(C=Nc1ccc(Cl)c(F)c1)=C(/O)c1cccs1)C(F)(F)F. The topological polar surface area (TPSA) is 49.7 Å². The van der Waals surface area contributed by atoms with Crippen LogP contribution in [0, 0.1) is 5.82 Å². The Labute approximate surface area is 142 Å². The first-order valence-electron chi connectivity index (χ1n) is 6.28. The van der Waals surface area contributed by atoms with E-state index in [9.17, 15) is 27.5 Å². The van der Waals surface area contributed by atoms with Crippen molar-refractivity contribution >= 4 is 46.4 Å². The summed E-state index contributed by atoms with van der Waals surface area (Å²) in [6, 6.07) is 6.14. The van der Waals surface area contributed by atoms with Crippen LogP contribution in [0.2, 0.25) is 5.02 Å². The monoisotopic (exact) mass is 377 g/mol. The third-order valence-corrected chi connectivity index (χ3v) is 3.94. The Morgan fingerprint density at radius 3 is 2.54 bits per heavy atom. The average Bonchev–Trinajstić information content (AvgIpc) is 3.04. The molecule has 3 nitrogen and oxygen atoms in total. The average molecular weight is 378 g/mol. The Hall–Kier alpha value is -2.19. The molecule has 0 aliphatic rings. The van der Waals surface area contributed by atoms with Crippen molar-refractivity contribution in [1.82, 2.24) is 0 Å². The minimum absolute atomic E-state index is 0.0661. The van der Waals surface area contributed by atoms with E-state index < -0.39 is 29.1 Å². The van der Waals surface area contributed by atoms with Crippen LogP contribution in [-0.2, 0) is 4.79 Å². The number of allylic oxidation sites excluding steroid dienone is 1. The molecule has 1 aromatic carbocycles. The summed E-state index contributed by atoms with van der Waals surface area (Å²) in [6.45, 7) is 0. The summed E-state index contributed by atoms with van der Waals surface area (Å²) in [7, 11) is 0. The van der Waals surface area contributed by atoms with E-state index in [1.807, 2.05) is 0 Å². The maximum atomic E-state index is 13.3. The van der Waals surface area contributed by atoms with Gasteiger partial charge in [-0.15, -0.1) is 11.3 Å². The van der Waals surface area contributed by atoms with Gasteiger partial charge < -0.3 is 5.11 Å². The summed E-state index contributed by atoms with van der Waals surface area (Å²) in [6.07, 6.45) is -4.65. The van der Waals surface area contributed by atoms with Crippen LogP contribution in [0.15, 0.2) is 46.3 Å². The number of hydrogen-bond acceptors (Lipinski definition) is 4. The summed E-state index contributed by atoms with van der Waals surface area (Å²) in [5, 5.41) is 11.3. The molecular weight excluding hydrogens is 370 g/mol. The number of thiophene rings is 1. The molecule has 0 aliphatic carbocycles. The smallest absolute Gasteiger partial charge is 0.455 e. The van der Waals surface area contributed by atoms with Gasteiger partial charge in [-0.1, -0.05) is 17.7 Å². The molecule has 0 spiro atoms. The molecule has 0 saturated heterocycles. The van der Waals surface area contributed by atoms with Crippen molar-refractivity contribution in [2.24, 2.45) is 4.99 Å². The molecule has 1 heterocycles. The molecule has 0 aliphatic heterocycles. The number of halogens is 5. The highest BCUT2D eigenvalue weighted by Crippen LogP contribution is 2.28. The zero-order chi connectivity index (χ0) is 17.9. The molecule has 0 bridgehead atoms. The van der Waals surface area contributed by atoms with Crippen molar-refractivity contribution in [1.29, 1.82) is 0 Å². The van der Waals surface area contributed by atoms with E-state index in [2.05, 4.69) is 4.99 Å². The highest BCUT2D eigenvalue weighted by molar-refractivity contribution is 7.11. The van der Waals surface area contributed by atoms with Crippen molar-refractivity contribution in [3.05, 3.63) is 57.0 Å². The van der Waals surface area contributed by atoms with E-state index in [-0.39, 0.29) is 15.6 Å². The molecular formula is C15H8ClF4NO2S. The number of aliphatic hydroxyl groups excluding tert-OH is 1. The second-order valence-electron chi connectivity index (χ2n) is 4.42. The van der Waals surface area contributed by atoms with Crippen LogP contribution in [0.5, 0.6) is 0 Å². The second kappa shape index (κ2) is 7.14. The number of ketones is 1. The van der Waals surface area contributed by atoms with E-state index >= 15 is 0 Å². The van der Waals surface area contributed by atoms with Crippen molar-refractivity contribution in [3.63, 3.8) is 0 Å². The lowest BCUT2D eigenvalue weighted by atomic mass is 10.1. The molecule has 9 heteroatoms. The predicted molar refractivity (Wildman–Crippen MR) is 84.5 cm³/mol. The lowest BCUT2D eigenvalue weighted by molar-refractivity contribution is -0.165. The van der Waals surface area contributed by atoms with Crippen LogP contribution in [-0.4, -0.2) is 23.3 Å². The number of aliphatic hydroxyl groups is 1. The van der Waals surface area contributed by atoms with Crippen LogP contribution in [0.3, 0.4) is 0 Å². The zero-order valence-electron chi connectivity index (χ0n) is 11.6. The molecule has 2 aromatic rings. The van der Waals surface area contributed by atoms with Crippen LogP contribution in [0.1, 0.15) is 4.88 Å². The Morgan fingerprint density at radius 2 is 2.00 bits per heavy atom. The minimum atomic E-state index is -5.20. The van der Waals surface area contributed by atoms with Gasteiger partial charge in [-0.2, -0.15) is 13.2 Å². The number of rotatable bonds is 4. The zero-order valence-corrected chi connectivity index (χ0v) is 13.2. The maximum absolute atomic E-state index is 13.3. The molecule has 1 aromatic heterocycles. The molecule has 0 atom stereocenters. The maximum Gasteiger partial charge on any atom is 0.455 e. The van der Waals surface area contributed by atoms with Crippen molar-refractivity contribution < 1.29 is 27.5 Å². The third-order valence-electron chi connectivity index (χ3n) is 2.76. The van der Waals surface area contributed by atoms with Gasteiger partial charge in [0.1, 0.15) is 11.6 Å². The van der Waals surface area contributed by atoms with Crippen LogP contribution in [0.25, 0.3) is 5.76 Å². The second-order valence-corrected chi connectivity index (χ2v) is 5.78. The number of alkyl halides is 3. The summed E-state index contributed by atoms with van der Waals surface area (Å²) >= 11 is 6.44. The van der Waals surface area contributed by atoms with Crippen LogP contribution >= 0.6 is 22.9 Å². The molecule has 2 rings (SSSR count). The van der Waals surface area contributed by atoms with Gasteiger partial charge >= 0.3 is 6.18 Å². The summed E-state index contributed by atoms with van der Waals surface area (Å²) in [5.41, 5.74) is -1.11. The Morgan fingerprint density at radius 1 is 1.29 bits per heavy atom. The lowest BCUT2D eigenvalue weighted by Crippen LogP contribution is -2.26. The Kier molecular flexibility index (Phi) is 5.40. The van der Waals surface area contributed by atoms with Crippen molar-refractivity contribution in [2.75, 3.05) is 0 Å². The highest BCUT2D eigenvalue weighted by Gasteiger charge is 2.41. The quantitative estimate of drug-likeness (QED) is 0.338. The fourth-order valence-electron chi connectivity index (χ4n) is 1.63. The normalized spacial score (nSPS) is 13.2. The number of benzene rings is 1. The number of carbonyl (C=O) groups is 1. The third kappa shape index (κ3) is 4.21. The number of aliphatic imine (C=N–C) groups is 1. The van der Waals surface area contributed by atoms with Gasteiger partial charge in [0, 0.05) is 12.3 Å². The Bertz CT molecular complexity index is 813. The van der Waals surface area contributed by atoms with E-state index in [0.717, 1.165) is 23.5 Å². The van der Waals surface area contributed by atoms with Gasteiger partial charge in [0.05, 0.1) is 21.2 Å². The van der Waals surface area contributed by atoms with Gasteiger partial charge in [0.2, 0.25) is 0 Å². The van der Waals surface area contributed by atoms with Crippen LogP contribution < -0.4 is 0 Å². The summed E-state index contributed by atoms with van der Waals surface area (Å²) in [5.74, 6) is -3.93. The number of hydrogen-bond donors (Lipinski definition) is 1. The van der Waals surface area contributed by atoms with E-state index in [1.54, 1.807) is 0 Å². The van der Waals surface area contributed by atoms with Crippen molar-refractivity contribution in [2.45, 2.75) is 6.18 Å². The van der Waals surface area contributed by atoms with Gasteiger partial charge in [0.15, 0.2) is 0 Å². The van der Waals surface area contributed by atoms with Gasteiger partial charge in [-0.05, 0) is 23.6 Å². The Balaban J connectivity index is 2.47. The molecule has 0 unspecified atom stereocenters. The summed E-state index contributed by atoms with van der Waals surface area (Å²) < 4.78 is 51.5. The first-order chi connectivity index (χ1) is 11.2. The van der Waals surface area contributed by atoms with Gasteiger partial charge in [-0.25, -0.2) is 4.39 Å². The van der Waals surface area contributed by atoms with Gasteiger partial charge in [0.25, 0.3) is 5.78 Å². The first kappa shape index (κ1) is 18.2. The molecule has 0 fully saturated rings. The van der Waals surface area contributed by atoms with Crippen molar-refractivity contribution in [3.8, 4) is 0 Å². The standard InChI is InChI=1S/C15H8ClF4NO2S/c16-10-4-3-8(6-11(10)17)21-7-9(14(23)15(18,19)20)13(22)12-2-1-5-24-12/h1-7,22H/b13-9+,21-7?. The molecule has 126 valence electrons.